The number of imide groups is 1. The fraction of sp³-hybridized carbons (Fsp3) is 0.903. The summed E-state index contributed by atoms with van der Waals surface area (Å²) < 4.78 is 28.4. The van der Waals surface area contributed by atoms with Crippen LogP contribution in [-0.4, -0.2) is 197 Å². The van der Waals surface area contributed by atoms with Crippen molar-refractivity contribution in [3.8, 4) is 0 Å². The monoisotopic (exact) mass is 739 g/mol. The Kier molecular flexibility index (Phi) is 15.6. The molecule has 19 heteroatoms. The molecule has 15 unspecified atom stereocenters. The minimum absolute atomic E-state index is 0.0218. The number of aliphatic hydroxyl groups excluding tert-OH is 7. The van der Waals surface area contributed by atoms with Crippen LogP contribution in [0.1, 0.15) is 25.7 Å². The summed E-state index contributed by atoms with van der Waals surface area (Å²) in [6.45, 7) is -0.434. The van der Waals surface area contributed by atoms with Crippen LogP contribution in [0.3, 0.4) is 0 Å². The molecule has 0 bridgehead atoms. The van der Waals surface area contributed by atoms with Crippen LogP contribution in [0.2, 0.25) is 0 Å². The first-order valence-electron chi connectivity index (χ1n) is 16.9. The summed E-state index contributed by atoms with van der Waals surface area (Å²) in [5.74, 6) is -3.08. The van der Waals surface area contributed by atoms with Gasteiger partial charge in [0.05, 0.1) is 67.3 Å². The number of nitrogens with one attached hydrogen (secondary N) is 2. The number of thioether (sulfide) groups is 1. The number of carbonyl (C=O) groups is 3. The van der Waals surface area contributed by atoms with E-state index in [1.807, 2.05) is 0 Å². The lowest BCUT2D eigenvalue weighted by Gasteiger charge is -2.53. The first-order chi connectivity index (χ1) is 23.9. The van der Waals surface area contributed by atoms with E-state index in [9.17, 15) is 50.1 Å². The molecule has 18 nitrogen and oxygen atoms in total. The van der Waals surface area contributed by atoms with Crippen LogP contribution in [0.4, 0.5) is 0 Å². The molecule has 4 rings (SSSR count). The molecule has 50 heavy (non-hydrogen) atoms. The summed E-state index contributed by atoms with van der Waals surface area (Å²) in [5, 5.41) is 81.3. The minimum Gasteiger partial charge on any atom is -0.394 e. The molecule has 4 fully saturated rings. The van der Waals surface area contributed by atoms with Crippen molar-refractivity contribution in [2.45, 2.75) is 104 Å². The van der Waals surface area contributed by atoms with Crippen LogP contribution in [0.25, 0.3) is 0 Å². The van der Waals surface area contributed by atoms with E-state index in [1.165, 1.54) is 30.9 Å². The molecule has 4 aliphatic rings. The van der Waals surface area contributed by atoms with Gasteiger partial charge in [-0.2, -0.15) is 11.8 Å². The van der Waals surface area contributed by atoms with Crippen molar-refractivity contribution >= 4 is 29.5 Å². The highest BCUT2D eigenvalue weighted by molar-refractivity contribution is 8.00. The molecule has 0 spiro atoms. The zero-order valence-electron chi connectivity index (χ0n) is 28.5. The van der Waals surface area contributed by atoms with E-state index in [2.05, 4.69) is 10.6 Å². The number of aliphatic hydroxyl groups is 7. The SMILES string of the molecule is COC1CC(CO)OC(C2C(CO)OC(C3C(CNCCNC(=O)CCCN4C(=O)CC(SC)C4=O)OC(OC)C(O)C3O)C(O)C2O)C1O. The number of hydrogen-bond donors (Lipinski definition) is 9. The maximum Gasteiger partial charge on any atom is 0.242 e. The van der Waals surface area contributed by atoms with Gasteiger partial charge in [-0.1, -0.05) is 0 Å². The first-order valence-corrected chi connectivity index (χ1v) is 18.2. The molecule has 15 atom stereocenters. The number of nitrogens with zero attached hydrogens (tertiary/aromatic N) is 1. The summed E-state index contributed by atoms with van der Waals surface area (Å²) in [6, 6.07) is 0. The topological polar surface area (TPSA) is 266 Å². The van der Waals surface area contributed by atoms with Crippen LogP contribution >= 0.6 is 11.8 Å². The number of methoxy groups -OCH3 is 2. The van der Waals surface area contributed by atoms with Crippen LogP contribution in [-0.2, 0) is 38.1 Å². The summed E-state index contributed by atoms with van der Waals surface area (Å²) in [7, 11) is 2.66. The molecule has 0 aromatic rings. The highest BCUT2D eigenvalue weighted by atomic mass is 32.2. The third kappa shape index (κ3) is 9.14. The Morgan fingerprint density at radius 2 is 1.56 bits per heavy atom. The van der Waals surface area contributed by atoms with Gasteiger partial charge in [0.25, 0.3) is 0 Å². The fourth-order valence-corrected chi connectivity index (χ4v) is 8.01. The quantitative estimate of drug-likeness (QED) is 0.0532. The third-order valence-electron chi connectivity index (χ3n) is 10.1. The molecule has 4 saturated heterocycles. The zero-order valence-corrected chi connectivity index (χ0v) is 29.3. The van der Waals surface area contributed by atoms with Gasteiger partial charge in [-0.15, -0.1) is 0 Å². The van der Waals surface area contributed by atoms with E-state index >= 15 is 0 Å². The van der Waals surface area contributed by atoms with Crippen LogP contribution in [0.15, 0.2) is 0 Å². The zero-order chi connectivity index (χ0) is 36.7. The molecule has 0 saturated carbocycles. The van der Waals surface area contributed by atoms with Gasteiger partial charge < -0.3 is 70.1 Å². The molecule has 288 valence electrons. The molecule has 3 amide bonds. The van der Waals surface area contributed by atoms with Crippen LogP contribution in [0, 0.1) is 11.8 Å². The predicted molar refractivity (Wildman–Crippen MR) is 173 cm³/mol. The maximum atomic E-state index is 12.4. The van der Waals surface area contributed by atoms with Crippen LogP contribution < -0.4 is 10.6 Å². The van der Waals surface area contributed by atoms with Gasteiger partial charge in [0, 0.05) is 71.5 Å². The van der Waals surface area contributed by atoms with Crippen molar-refractivity contribution in [3.63, 3.8) is 0 Å². The number of carbonyl (C=O) groups excluding carboxylic acids is 3. The van der Waals surface area contributed by atoms with Crippen molar-refractivity contribution in [2.75, 3.05) is 59.9 Å². The van der Waals surface area contributed by atoms with Gasteiger partial charge in [0.15, 0.2) is 6.29 Å². The molecule has 0 radical (unpaired) electrons. The summed E-state index contributed by atoms with van der Waals surface area (Å²) >= 11 is 1.33. The Balaban J connectivity index is 1.35. The molecular formula is C31H53N3O15S. The molecule has 0 aliphatic carbocycles. The predicted octanol–water partition coefficient (Wildman–Crippen LogP) is -4.70. The summed E-state index contributed by atoms with van der Waals surface area (Å²) in [4.78, 5) is 37.9. The average molecular weight is 740 g/mol. The largest absolute Gasteiger partial charge is 0.394 e. The number of hydrogen-bond acceptors (Lipinski definition) is 17. The normalized spacial score (nSPS) is 41.1. The number of amides is 3. The third-order valence-corrected chi connectivity index (χ3v) is 11.0. The highest BCUT2D eigenvalue weighted by Crippen LogP contribution is 2.41. The van der Waals surface area contributed by atoms with E-state index in [0.29, 0.717) is 6.42 Å². The number of rotatable bonds is 16. The van der Waals surface area contributed by atoms with E-state index in [0.717, 1.165) is 0 Å². The molecule has 0 aromatic carbocycles. The first kappa shape index (κ1) is 41.2. The summed E-state index contributed by atoms with van der Waals surface area (Å²) in [6.07, 6.45) is -12.7. The van der Waals surface area contributed by atoms with Gasteiger partial charge in [0.1, 0.15) is 18.3 Å². The lowest BCUT2D eigenvalue weighted by Crippen LogP contribution is -2.69. The Morgan fingerprint density at radius 3 is 2.18 bits per heavy atom. The second-order valence-corrected chi connectivity index (χ2v) is 14.1. The van der Waals surface area contributed by atoms with Crippen molar-refractivity contribution in [3.05, 3.63) is 0 Å². The Morgan fingerprint density at radius 1 is 0.880 bits per heavy atom. The van der Waals surface area contributed by atoms with E-state index < -0.39 is 98.5 Å². The molecule has 0 aromatic heterocycles. The van der Waals surface area contributed by atoms with Gasteiger partial charge in [-0.3, -0.25) is 19.3 Å². The molecule has 9 N–H and O–H groups in total. The average Bonchev–Trinajstić information content (AvgIpc) is 3.39. The fourth-order valence-electron chi connectivity index (χ4n) is 7.37. The smallest absolute Gasteiger partial charge is 0.242 e. The Hall–Kier alpha value is -1.56. The van der Waals surface area contributed by atoms with E-state index in [-0.39, 0.29) is 68.4 Å². The summed E-state index contributed by atoms with van der Waals surface area (Å²) in [5.41, 5.74) is 0. The minimum atomic E-state index is -1.71. The second-order valence-electron chi connectivity index (χ2n) is 13.1. The number of likely N-dealkylation sites (tertiary alicyclic amines) is 1. The maximum absolute atomic E-state index is 12.4. The van der Waals surface area contributed by atoms with Gasteiger partial charge in [0.2, 0.25) is 17.7 Å². The van der Waals surface area contributed by atoms with Crippen molar-refractivity contribution < 1.29 is 73.8 Å². The Bertz CT molecular complexity index is 1130. The highest BCUT2D eigenvalue weighted by Gasteiger charge is 2.58. The number of ether oxygens (including phenoxy) is 5. The van der Waals surface area contributed by atoms with E-state index in [1.54, 1.807) is 6.26 Å². The van der Waals surface area contributed by atoms with Gasteiger partial charge in [-0.05, 0) is 12.7 Å². The van der Waals surface area contributed by atoms with Crippen molar-refractivity contribution in [1.82, 2.24) is 15.5 Å². The van der Waals surface area contributed by atoms with Crippen molar-refractivity contribution in [1.29, 1.82) is 0 Å². The lowest BCUT2D eigenvalue weighted by molar-refractivity contribution is -0.322. The van der Waals surface area contributed by atoms with Crippen LogP contribution in [0.5, 0.6) is 0 Å². The second kappa shape index (κ2) is 19.0. The molecular weight excluding hydrogens is 686 g/mol. The molecule has 4 heterocycles. The van der Waals surface area contributed by atoms with Gasteiger partial charge in [-0.25, -0.2) is 0 Å². The Labute approximate surface area is 294 Å². The van der Waals surface area contributed by atoms with Gasteiger partial charge >= 0.3 is 0 Å². The van der Waals surface area contributed by atoms with E-state index in [4.69, 9.17) is 23.7 Å². The standard InChI is InChI=1S/C31H53N3O15S/c1-45-15-9-14(12-35)47-28(23(15)39)22-17(13-36)48-29(26(42)24(22)40)21-16(49-31(46-2)27(43)25(21)41)11-32-6-7-33-19(37)5-4-8-34-20(38)10-18(50-3)30(34)44/h14-18,21-29,31-32,35-36,39-43H,4-13H2,1-3H3,(H,33,37). The van der Waals surface area contributed by atoms with Crippen molar-refractivity contribution in [2.24, 2.45) is 11.8 Å². The lowest BCUT2D eigenvalue weighted by atomic mass is 9.73. The molecule has 4 aliphatic heterocycles.